The maximum atomic E-state index is 12.9. The number of carbonyl (C=O) groups is 1. The van der Waals surface area contributed by atoms with Crippen molar-refractivity contribution < 1.29 is 9.18 Å². The Balaban J connectivity index is 1.43. The average molecular weight is 366 g/mol. The van der Waals surface area contributed by atoms with Gasteiger partial charge in [-0.1, -0.05) is 11.6 Å². The Morgan fingerprint density at radius 3 is 2.44 bits per heavy atom. The van der Waals surface area contributed by atoms with Crippen LogP contribution in [0.3, 0.4) is 0 Å². The molecule has 0 radical (unpaired) electrons. The van der Waals surface area contributed by atoms with Gasteiger partial charge in [0, 0.05) is 38.9 Å². The molecule has 0 saturated carbocycles. The fourth-order valence-electron chi connectivity index (χ4n) is 2.81. The predicted molar refractivity (Wildman–Crippen MR) is 95.0 cm³/mol. The quantitative estimate of drug-likeness (QED) is 0.880. The fourth-order valence-corrected chi connectivity index (χ4v) is 2.96. The Labute approximate surface area is 151 Å². The Bertz CT molecular complexity index is 725. The number of nitrogens with one attached hydrogen (secondary N) is 1. The molecule has 1 N–H and O–H groups in total. The van der Waals surface area contributed by atoms with Crippen LogP contribution >= 0.6 is 11.6 Å². The van der Waals surface area contributed by atoms with Crippen molar-refractivity contribution in [2.75, 3.05) is 38.0 Å². The molecule has 6 nitrogen and oxygen atoms in total. The van der Waals surface area contributed by atoms with E-state index in [4.69, 9.17) is 11.6 Å². The summed E-state index contributed by atoms with van der Waals surface area (Å²) in [5, 5.41) is 3.42. The monoisotopic (exact) mass is 365 g/mol. The number of amides is 1. The van der Waals surface area contributed by atoms with E-state index in [2.05, 4.69) is 20.1 Å². The molecule has 1 aliphatic heterocycles. The molecule has 3 rings (SSSR count). The van der Waals surface area contributed by atoms with Gasteiger partial charge in [-0.05, 0) is 24.3 Å². The van der Waals surface area contributed by atoms with Gasteiger partial charge in [-0.3, -0.25) is 14.6 Å². The van der Waals surface area contributed by atoms with Crippen LogP contribution in [0.25, 0.3) is 0 Å². The number of rotatable bonds is 5. The molecule has 1 aromatic carbocycles. The normalized spacial score (nSPS) is 16.1. The Kier molecular flexibility index (Phi) is 5.67. The maximum Gasteiger partial charge on any atom is 0.238 e. The third-order valence-corrected chi connectivity index (χ3v) is 4.70. The van der Waals surface area contributed by atoms with E-state index in [1.54, 1.807) is 18.3 Å². The zero-order valence-electron chi connectivity index (χ0n) is 14.1. The molecular formula is C17H21ClFN5O. The molecule has 8 heteroatoms. The van der Waals surface area contributed by atoms with Crippen LogP contribution in [-0.4, -0.2) is 58.0 Å². The SMILES string of the molecule is Cn1c(Cl)cnc1CN1CCN(CC(=O)Nc2ccc(F)cc2)CC1. The van der Waals surface area contributed by atoms with Gasteiger partial charge in [0.1, 0.15) is 16.8 Å². The highest BCUT2D eigenvalue weighted by Crippen LogP contribution is 2.13. The lowest BCUT2D eigenvalue weighted by Crippen LogP contribution is -2.48. The number of aromatic nitrogens is 2. The van der Waals surface area contributed by atoms with E-state index in [0.29, 0.717) is 17.4 Å². The van der Waals surface area contributed by atoms with E-state index in [-0.39, 0.29) is 11.7 Å². The van der Waals surface area contributed by atoms with Crippen LogP contribution in [-0.2, 0) is 18.4 Å². The van der Waals surface area contributed by atoms with Gasteiger partial charge >= 0.3 is 0 Å². The van der Waals surface area contributed by atoms with Gasteiger partial charge in [-0.25, -0.2) is 9.37 Å². The summed E-state index contributed by atoms with van der Waals surface area (Å²) in [4.78, 5) is 20.8. The van der Waals surface area contributed by atoms with Crippen molar-refractivity contribution in [1.82, 2.24) is 19.4 Å². The largest absolute Gasteiger partial charge is 0.325 e. The molecule has 0 spiro atoms. The van der Waals surface area contributed by atoms with Gasteiger partial charge in [0.05, 0.1) is 19.3 Å². The Hall–Kier alpha value is -1.96. The summed E-state index contributed by atoms with van der Waals surface area (Å²) in [5.74, 6) is 0.534. The van der Waals surface area contributed by atoms with E-state index in [0.717, 1.165) is 38.5 Å². The highest BCUT2D eigenvalue weighted by molar-refractivity contribution is 6.29. The van der Waals surface area contributed by atoms with Gasteiger partial charge in [-0.2, -0.15) is 0 Å². The number of nitrogens with zero attached hydrogens (tertiary/aromatic N) is 4. The molecule has 25 heavy (non-hydrogen) atoms. The van der Waals surface area contributed by atoms with Crippen LogP contribution in [0.4, 0.5) is 10.1 Å². The summed E-state index contributed by atoms with van der Waals surface area (Å²) in [7, 11) is 1.90. The molecule has 0 aliphatic carbocycles. The molecular weight excluding hydrogens is 345 g/mol. The number of carbonyl (C=O) groups excluding carboxylic acids is 1. The standard InChI is InChI=1S/C17H21ClFN5O/c1-22-15(18)10-20-16(22)11-23-6-8-24(9-7-23)12-17(25)21-14-4-2-13(19)3-5-14/h2-5,10H,6-9,11-12H2,1H3,(H,21,25). The number of halogens is 2. The van der Waals surface area contributed by atoms with Crippen molar-refractivity contribution in [3.8, 4) is 0 Å². The average Bonchev–Trinajstić information content (AvgIpc) is 2.91. The maximum absolute atomic E-state index is 12.9. The lowest BCUT2D eigenvalue weighted by atomic mass is 10.3. The summed E-state index contributed by atoms with van der Waals surface area (Å²) in [6.07, 6.45) is 1.66. The second-order valence-corrected chi connectivity index (χ2v) is 6.55. The molecule has 1 saturated heterocycles. The van der Waals surface area contributed by atoms with Gasteiger partial charge in [-0.15, -0.1) is 0 Å². The van der Waals surface area contributed by atoms with Gasteiger partial charge < -0.3 is 9.88 Å². The van der Waals surface area contributed by atoms with Crippen molar-refractivity contribution in [2.45, 2.75) is 6.54 Å². The Morgan fingerprint density at radius 1 is 1.20 bits per heavy atom. The first-order chi connectivity index (χ1) is 12.0. The van der Waals surface area contributed by atoms with E-state index in [1.165, 1.54) is 12.1 Å². The van der Waals surface area contributed by atoms with Gasteiger partial charge in [0.2, 0.25) is 5.91 Å². The molecule has 0 atom stereocenters. The fraction of sp³-hybridized carbons (Fsp3) is 0.412. The molecule has 1 amide bonds. The summed E-state index contributed by atoms with van der Waals surface area (Å²) in [6.45, 7) is 4.45. The van der Waals surface area contributed by atoms with Crippen LogP contribution in [0.2, 0.25) is 5.15 Å². The Morgan fingerprint density at radius 2 is 1.84 bits per heavy atom. The first-order valence-electron chi connectivity index (χ1n) is 8.17. The van der Waals surface area contributed by atoms with Crippen LogP contribution in [0.15, 0.2) is 30.5 Å². The second kappa shape index (κ2) is 7.95. The van der Waals surface area contributed by atoms with E-state index in [9.17, 15) is 9.18 Å². The van der Waals surface area contributed by atoms with Crippen molar-refractivity contribution in [3.05, 3.63) is 47.3 Å². The van der Waals surface area contributed by atoms with Crippen molar-refractivity contribution in [2.24, 2.45) is 7.05 Å². The highest BCUT2D eigenvalue weighted by atomic mass is 35.5. The van der Waals surface area contributed by atoms with E-state index in [1.807, 2.05) is 11.6 Å². The molecule has 2 aromatic rings. The number of benzene rings is 1. The minimum atomic E-state index is -0.317. The van der Waals surface area contributed by atoms with Crippen LogP contribution in [0.5, 0.6) is 0 Å². The van der Waals surface area contributed by atoms with Crippen LogP contribution in [0, 0.1) is 5.82 Å². The molecule has 2 heterocycles. The summed E-state index contributed by atoms with van der Waals surface area (Å²) >= 11 is 6.01. The first-order valence-corrected chi connectivity index (χ1v) is 8.55. The number of piperazine rings is 1. The molecule has 1 fully saturated rings. The molecule has 0 bridgehead atoms. The number of anilines is 1. The zero-order valence-corrected chi connectivity index (χ0v) is 14.8. The lowest BCUT2D eigenvalue weighted by molar-refractivity contribution is -0.117. The third kappa shape index (κ3) is 4.78. The minimum Gasteiger partial charge on any atom is -0.325 e. The first kappa shape index (κ1) is 17.8. The van der Waals surface area contributed by atoms with Crippen molar-refractivity contribution in [3.63, 3.8) is 0 Å². The van der Waals surface area contributed by atoms with Crippen LogP contribution < -0.4 is 5.32 Å². The highest BCUT2D eigenvalue weighted by Gasteiger charge is 2.20. The number of hydrogen-bond donors (Lipinski definition) is 1. The van der Waals surface area contributed by atoms with Gasteiger partial charge in [0.15, 0.2) is 0 Å². The molecule has 1 aromatic heterocycles. The lowest BCUT2D eigenvalue weighted by Gasteiger charge is -2.34. The minimum absolute atomic E-state index is 0.0871. The van der Waals surface area contributed by atoms with E-state index >= 15 is 0 Å². The number of hydrogen-bond acceptors (Lipinski definition) is 4. The number of imidazole rings is 1. The second-order valence-electron chi connectivity index (χ2n) is 6.16. The zero-order chi connectivity index (χ0) is 17.8. The molecule has 134 valence electrons. The molecule has 1 aliphatic rings. The van der Waals surface area contributed by atoms with Crippen LogP contribution in [0.1, 0.15) is 5.82 Å². The third-order valence-electron chi connectivity index (χ3n) is 4.35. The molecule has 0 unspecified atom stereocenters. The van der Waals surface area contributed by atoms with Crippen molar-refractivity contribution >= 4 is 23.2 Å². The summed E-state index contributed by atoms with van der Waals surface area (Å²) < 4.78 is 14.8. The van der Waals surface area contributed by atoms with Crippen molar-refractivity contribution in [1.29, 1.82) is 0 Å². The van der Waals surface area contributed by atoms with Gasteiger partial charge in [0.25, 0.3) is 0 Å². The smallest absolute Gasteiger partial charge is 0.238 e. The topological polar surface area (TPSA) is 53.4 Å². The summed E-state index contributed by atoms with van der Waals surface area (Å²) in [6, 6.07) is 5.78. The van der Waals surface area contributed by atoms with E-state index < -0.39 is 0 Å². The predicted octanol–water partition coefficient (Wildman–Crippen LogP) is 1.97. The summed E-state index contributed by atoms with van der Waals surface area (Å²) in [5.41, 5.74) is 0.608.